The van der Waals surface area contributed by atoms with Crippen molar-refractivity contribution in [2.75, 3.05) is 14.7 Å². The summed E-state index contributed by atoms with van der Waals surface area (Å²) in [6.45, 7) is 49.1. The molecule has 1 fully saturated rings. The van der Waals surface area contributed by atoms with Gasteiger partial charge >= 0.3 is 0 Å². The van der Waals surface area contributed by atoms with E-state index in [1.54, 1.807) is 0 Å². The molecule has 0 amide bonds. The van der Waals surface area contributed by atoms with Crippen molar-refractivity contribution in [3.8, 4) is 11.1 Å². The summed E-state index contributed by atoms with van der Waals surface area (Å²) in [6.07, 6.45) is 8.22. The summed E-state index contributed by atoms with van der Waals surface area (Å²) in [4.78, 5) is 8.44. The lowest BCUT2D eigenvalue weighted by atomic mass is 9.33. The van der Waals surface area contributed by atoms with Crippen LogP contribution in [0.3, 0.4) is 0 Å². The number of anilines is 8. The van der Waals surface area contributed by atoms with Gasteiger partial charge in [-0.1, -0.05) is 210 Å². The summed E-state index contributed by atoms with van der Waals surface area (Å²) in [5.74, 6) is 0. The lowest BCUT2D eigenvalue weighted by Gasteiger charge is -2.51. The number of hydrogen-bond donors (Lipinski definition) is 0. The van der Waals surface area contributed by atoms with Gasteiger partial charge in [0, 0.05) is 50.8 Å². The predicted octanol–water partition coefficient (Wildman–Crippen LogP) is 19.7. The number of benzene rings is 7. The standard InChI is InChI=1S/C78H94BN3/c1-48-38-55-57(74(13,14)37-36-73(55,11)12)45-65(48)81-64-33-30-52(72(8,9)10)41-60(64)79-61-44-56-58(76(17,18)47-75(56,15)16)46-66(61)80(62-31-28-50(70(2,3)4)39-54(62)49-26-22-21-23-27-49)67-42-53(43-68(81)69(67)79)82-63-32-29-51(71(5,6)7)40-59(63)77(19)34-24-25-35-78(77,82)20/h21-23,26-33,38-46H,24-25,34-37,47H2,1-20H3. The number of fused-ring (bicyclic) bond motifs is 9. The number of hydrogen-bond acceptors (Lipinski definition) is 3. The van der Waals surface area contributed by atoms with E-state index in [4.69, 9.17) is 0 Å². The third-order valence-corrected chi connectivity index (χ3v) is 22.2. The van der Waals surface area contributed by atoms with Gasteiger partial charge in [-0.25, -0.2) is 0 Å². The third-order valence-electron chi connectivity index (χ3n) is 22.2. The summed E-state index contributed by atoms with van der Waals surface area (Å²) < 4.78 is 0. The van der Waals surface area contributed by atoms with Gasteiger partial charge in [0.2, 0.25) is 0 Å². The van der Waals surface area contributed by atoms with E-state index in [2.05, 4.69) is 275 Å². The molecule has 4 heteroatoms. The molecule has 7 aromatic rings. The maximum absolute atomic E-state index is 2.88. The molecule has 3 aliphatic carbocycles. The minimum Gasteiger partial charge on any atom is -0.334 e. The Hall–Kier alpha value is -6.00. The highest BCUT2D eigenvalue weighted by Crippen LogP contribution is 2.63. The molecule has 0 aromatic heterocycles. The normalized spacial score (nSPS) is 22.4. The molecule has 0 spiro atoms. The van der Waals surface area contributed by atoms with Gasteiger partial charge in [0.25, 0.3) is 6.71 Å². The van der Waals surface area contributed by atoms with E-state index in [9.17, 15) is 0 Å². The fraction of sp³-hybridized carbons (Fsp3) is 0.462. The zero-order valence-electron chi connectivity index (χ0n) is 53.9. The zero-order chi connectivity index (χ0) is 58.6. The van der Waals surface area contributed by atoms with Crippen LogP contribution in [0.4, 0.5) is 45.5 Å². The van der Waals surface area contributed by atoms with Crippen LogP contribution in [-0.2, 0) is 43.3 Å². The molecule has 2 atom stereocenters. The maximum atomic E-state index is 2.88. The smallest absolute Gasteiger partial charge is 0.252 e. The van der Waals surface area contributed by atoms with Gasteiger partial charge in [-0.05, 0) is 204 Å². The van der Waals surface area contributed by atoms with Crippen molar-refractivity contribution in [1.29, 1.82) is 0 Å². The Kier molecular flexibility index (Phi) is 11.8. The van der Waals surface area contributed by atoms with E-state index in [0.717, 1.165) is 19.3 Å². The van der Waals surface area contributed by atoms with Gasteiger partial charge < -0.3 is 14.7 Å². The summed E-state index contributed by atoms with van der Waals surface area (Å²) in [5.41, 5.74) is 29.9. The minimum atomic E-state index is -0.168. The molecule has 6 aliphatic rings. The second-order valence-corrected chi connectivity index (χ2v) is 32.9. The van der Waals surface area contributed by atoms with Gasteiger partial charge in [-0.3, -0.25) is 0 Å². The lowest BCUT2D eigenvalue weighted by molar-refractivity contribution is 0.195. The van der Waals surface area contributed by atoms with Crippen molar-refractivity contribution in [3.05, 3.63) is 171 Å². The first-order valence-corrected chi connectivity index (χ1v) is 31.6. The highest BCUT2D eigenvalue weighted by molar-refractivity contribution is 7.00. The Morgan fingerprint density at radius 3 is 1.50 bits per heavy atom. The van der Waals surface area contributed by atoms with Gasteiger partial charge in [0.1, 0.15) is 0 Å². The molecule has 13 rings (SSSR count). The molecule has 3 aliphatic heterocycles. The molecule has 0 N–H and O–H groups in total. The van der Waals surface area contributed by atoms with Crippen LogP contribution >= 0.6 is 0 Å². The fourth-order valence-corrected chi connectivity index (χ4v) is 17.2. The first kappa shape index (κ1) is 55.2. The fourth-order valence-electron chi connectivity index (χ4n) is 17.2. The summed E-state index contributed by atoms with van der Waals surface area (Å²) in [6, 6.07) is 50.1. The van der Waals surface area contributed by atoms with Gasteiger partial charge in [-0.15, -0.1) is 0 Å². The van der Waals surface area contributed by atoms with E-state index < -0.39 is 0 Å². The molecule has 82 heavy (non-hydrogen) atoms. The molecule has 0 saturated heterocycles. The van der Waals surface area contributed by atoms with Crippen LogP contribution in [-0.4, -0.2) is 12.3 Å². The second kappa shape index (κ2) is 17.5. The first-order chi connectivity index (χ1) is 38.2. The summed E-state index contributed by atoms with van der Waals surface area (Å²) in [5, 5.41) is 0. The second-order valence-electron chi connectivity index (χ2n) is 32.9. The summed E-state index contributed by atoms with van der Waals surface area (Å²) >= 11 is 0. The highest BCUT2D eigenvalue weighted by Gasteiger charge is 2.59. The van der Waals surface area contributed by atoms with Gasteiger partial charge in [0.05, 0.1) is 11.2 Å². The lowest BCUT2D eigenvalue weighted by Crippen LogP contribution is -2.62. The monoisotopic (exact) mass is 1080 g/mol. The molecule has 3 nitrogen and oxygen atoms in total. The van der Waals surface area contributed by atoms with Crippen molar-refractivity contribution in [3.63, 3.8) is 0 Å². The largest absolute Gasteiger partial charge is 0.334 e. The molecule has 3 heterocycles. The molecular formula is C78H94BN3. The van der Waals surface area contributed by atoms with E-state index in [1.807, 2.05) is 0 Å². The van der Waals surface area contributed by atoms with Crippen molar-refractivity contribution in [2.45, 2.75) is 232 Å². The molecule has 7 aromatic carbocycles. The quantitative estimate of drug-likeness (QED) is 0.163. The Labute approximate surface area is 495 Å². The Morgan fingerprint density at radius 2 is 0.890 bits per heavy atom. The van der Waals surface area contributed by atoms with Crippen molar-refractivity contribution >= 4 is 68.6 Å². The topological polar surface area (TPSA) is 9.72 Å². The predicted molar refractivity (Wildman–Crippen MR) is 355 cm³/mol. The van der Waals surface area contributed by atoms with Crippen molar-refractivity contribution in [2.24, 2.45) is 0 Å². The minimum absolute atomic E-state index is 0.00488. The van der Waals surface area contributed by atoms with E-state index in [-0.39, 0.29) is 55.6 Å². The molecule has 424 valence electrons. The van der Waals surface area contributed by atoms with Crippen molar-refractivity contribution in [1.82, 2.24) is 0 Å². The van der Waals surface area contributed by atoms with Crippen LogP contribution in [0.2, 0.25) is 0 Å². The molecule has 0 bridgehead atoms. The molecular weight excluding hydrogens is 990 g/mol. The molecule has 1 saturated carbocycles. The van der Waals surface area contributed by atoms with Gasteiger partial charge in [-0.2, -0.15) is 0 Å². The van der Waals surface area contributed by atoms with E-state index in [0.29, 0.717) is 0 Å². The Morgan fingerprint density at radius 1 is 0.402 bits per heavy atom. The van der Waals surface area contributed by atoms with E-state index in [1.165, 1.54) is 149 Å². The van der Waals surface area contributed by atoms with Gasteiger partial charge in [0.15, 0.2) is 0 Å². The zero-order valence-corrected chi connectivity index (χ0v) is 53.9. The van der Waals surface area contributed by atoms with Crippen LogP contribution in [0, 0.1) is 6.92 Å². The average molecular weight is 1080 g/mol. The molecule has 2 unspecified atom stereocenters. The van der Waals surface area contributed by atoms with Crippen LogP contribution < -0.4 is 31.1 Å². The van der Waals surface area contributed by atoms with E-state index >= 15 is 0 Å². The van der Waals surface area contributed by atoms with Crippen LogP contribution in [0.15, 0.2) is 121 Å². The Bertz CT molecular complexity index is 3810. The molecule has 0 radical (unpaired) electrons. The summed E-state index contributed by atoms with van der Waals surface area (Å²) in [7, 11) is 0. The average Bonchev–Trinajstić information content (AvgIpc) is 3.13. The first-order valence-electron chi connectivity index (χ1n) is 31.6. The maximum Gasteiger partial charge on any atom is 0.252 e. The Balaban J connectivity index is 1.22. The highest BCUT2D eigenvalue weighted by atomic mass is 15.3. The van der Waals surface area contributed by atoms with Crippen LogP contribution in [0.1, 0.15) is 227 Å². The number of nitrogens with zero attached hydrogens (tertiary/aromatic N) is 3. The van der Waals surface area contributed by atoms with Crippen LogP contribution in [0.25, 0.3) is 11.1 Å². The van der Waals surface area contributed by atoms with Crippen molar-refractivity contribution < 1.29 is 0 Å². The third kappa shape index (κ3) is 8.00. The number of rotatable bonds is 4. The SMILES string of the molecule is Cc1cc2c(cc1N1c3ccc(C(C)(C)C)cc3B3c4cc5c(cc4N(c4ccc(C(C)(C)C)cc4-c4ccccc4)c4cc(N6c7ccc(C(C)(C)C)cc7C7(C)CCCCC67C)cc1c43)C(C)(C)CC5(C)C)C(C)(C)CCC2(C)C. The number of aryl methyl sites for hydroxylation is 1. The van der Waals surface area contributed by atoms with Crippen LogP contribution in [0.5, 0.6) is 0 Å².